The smallest absolute Gasteiger partial charge is 0.248 e. The summed E-state index contributed by atoms with van der Waals surface area (Å²) >= 11 is 0. The van der Waals surface area contributed by atoms with Crippen molar-refractivity contribution in [3.05, 3.63) is 30.3 Å². The number of carbonyl (C=O) groups excluding carboxylic acids is 1. The van der Waals surface area contributed by atoms with Crippen LogP contribution in [0.4, 0.5) is 5.69 Å². The molecule has 0 unspecified atom stereocenters. The van der Waals surface area contributed by atoms with Gasteiger partial charge < -0.3 is 15.5 Å². The van der Waals surface area contributed by atoms with E-state index in [1.165, 1.54) is 0 Å². The number of benzene rings is 1. The molecule has 3 rings (SSSR count). The summed E-state index contributed by atoms with van der Waals surface area (Å²) in [6.45, 7) is 3.48. The molecule has 2 N–H and O–H groups in total. The van der Waals surface area contributed by atoms with Crippen molar-refractivity contribution in [3.63, 3.8) is 0 Å². The van der Waals surface area contributed by atoms with Crippen LogP contribution < -0.4 is 10.6 Å². The van der Waals surface area contributed by atoms with Gasteiger partial charge in [-0.1, -0.05) is 31.0 Å². The Kier molecular flexibility index (Phi) is 3.92. The molecule has 0 atom stereocenters. The molecule has 4 nitrogen and oxygen atoms in total. The summed E-state index contributed by atoms with van der Waals surface area (Å²) in [5.41, 5.74) is 0.677. The molecule has 0 spiro atoms. The van der Waals surface area contributed by atoms with Gasteiger partial charge in [-0.2, -0.15) is 0 Å². The van der Waals surface area contributed by atoms with Gasteiger partial charge in [0.05, 0.1) is 0 Å². The number of hydrogen-bond acceptors (Lipinski definition) is 3. The molecular weight excluding hydrogens is 250 g/mol. The average Bonchev–Trinajstić information content (AvgIpc) is 2.98. The molecule has 20 heavy (non-hydrogen) atoms. The predicted octanol–water partition coefficient (Wildman–Crippen LogP) is 1.84. The van der Waals surface area contributed by atoms with Crippen LogP contribution in [0, 0.1) is 0 Å². The number of anilines is 1. The summed E-state index contributed by atoms with van der Waals surface area (Å²) in [5.74, 6) is 0.292. The highest BCUT2D eigenvalue weighted by Gasteiger charge is 2.43. The summed E-state index contributed by atoms with van der Waals surface area (Å²) < 4.78 is 0. The molecule has 0 radical (unpaired) electrons. The second-order valence-corrected chi connectivity index (χ2v) is 5.82. The summed E-state index contributed by atoms with van der Waals surface area (Å²) in [5, 5.41) is 6.85. The third-order valence-electron chi connectivity index (χ3n) is 4.43. The van der Waals surface area contributed by atoms with Gasteiger partial charge in [0.25, 0.3) is 0 Å². The molecule has 1 aliphatic carbocycles. The van der Waals surface area contributed by atoms with Gasteiger partial charge in [-0.25, -0.2) is 0 Å². The van der Waals surface area contributed by atoms with Crippen LogP contribution in [0.2, 0.25) is 0 Å². The van der Waals surface area contributed by atoms with E-state index >= 15 is 0 Å². The molecule has 1 amide bonds. The Balaban J connectivity index is 1.78. The van der Waals surface area contributed by atoms with Gasteiger partial charge in [0, 0.05) is 31.9 Å². The number of para-hydroxylation sites is 1. The van der Waals surface area contributed by atoms with Crippen LogP contribution in [0.3, 0.4) is 0 Å². The first-order valence-electron chi connectivity index (χ1n) is 7.64. The lowest BCUT2D eigenvalue weighted by atomic mass is 9.94. The van der Waals surface area contributed by atoms with E-state index in [1.54, 1.807) is 0 Å². The third kappa shape index (κ3) is 2.66. The van der Waals surface area contributed by atoms with Gasteiger partial charge in [-0.3, -0.25) is 4.79 Å². The topological polar surface area (TPSA) is 44.4 Å². The zero-order valence-electron chi connectivity index (χ0n) is 11.9. The minimum absolute atomic E-state index is 0.292. The van der Waals surface area contributed by atoms with E-state index < -0.39 is 0 Å². The molecule has 0 bridgehead atoms. The van der Waals surface area contributed by atoms with Crippen molar-refractivity contribution >= 4 is 11.6 Å². The Bertz CT molecular complexity index is 448. The second kappa shape index (κ2) is 5.83. The lowest BCUT2D eigenvalue weighted by Gasteiger charge is -2.37. The van der Waals surface area contributed by atoms with Gasteiger partial charge in [-0.15, -0.1) is 0 Å². The second-order valence-electron chi connectivity index (χ2n) is 5.82. The zero-order valence-corrected chi connectivity index (χ0v) is 11.9. The van der Waals surface area contributed by atoms with Crippen LogP contribution in [-0.4, -0.2) is 42.5 Å². The van der Waals surface area contributed by atoms with Gasteiger partial charge in [0.1, 0.15) is 5.54 Å². The Morgan fingerprint density at radius 2 is 1.75 bits per heavy atom. The summed E-state index contributed by atoms with van der Waals surface area (Å²) in [7, 11) is 0. The number of hydrogen-bond donors (Lipinski definition) is 2. The average molecular weight is 273 g/mol. The SMILES string of the molecule is O=C(N1CCNCC1)C1(Nc2ccccc2)CCCC1. The minimum Gasteiger partial charge on any atom is -0.371 e. The lowest BCUT2D eigenvalue weighted by Crippen LogP contribution is -2.57. The molecule has 1 aromatic carbocycles. The molecule has 1 aliphatic heterocycles. The first-order valence-corrected chi connectivity index (χ1v) is 7.64. The van der Waals surface area contributed by atoms with Crippen molar-refractivity contribution in [2.45, 2.75) is 31.2 Å². The maximum Gasteiger partial charge on any atom is 0.248 e. The maximum atomic E-state index is 13.0. The fraction of sp³-hybridized carbons (Fsp3) is 0.562. The highest BCUT2D eigenvalue weighted by atomic mass is 16.2. The molecule has 1 saturated heterocycles. The van der Waals surface area contributed by atoms with Crippen LogP contribution in [0.5, 0.6) is 0 Å². The first kappa shape index (κ1) is 13.4. The van der Waals surface area contributed by atoms with Crippen molar-refractivity contribution in [2.24, 2.45) is 0 Å². The monoisotopic (exact) mass is 273 g/mol. The van der Waals surface area contributed by atoms with Crippen LogP contribution in [0.25, 0.3) is 0 Å². The fourth-order valence-electron chi connectivity index (χ4n) is 3.34. The van der Waals surface area contributed by atoms with Crippen molar-refractivity contribution < 1.29 is 4.79 Å². The molecule has 1 aromatic rings. The van der Waals surface area contributed by atoms with Crippen molar-refractivity contribution in [3.8, 4) is 0 Å². The first-order chi connectivity index (χ1) is 9.80. The highest BCUT2D eigenvalue weighted by molar-refractivity contribution is 5.90. The van der Waals surface area contributed by atoms with Crippen molar-refractivity contribution in [1.82, 2.24) is 10.2 Å². The van der Waals surface area contributed by atoms with E-state index in [4.69, 9.17) is 0 Å². The molecule has 4 heteroatoms. The molecule has 108 valence electrons. The fourth-order valence-corrected chi connectivity index (χ4v) is 3.34. The maximum absolute atomic E-state index is 13.0. The van der Waals surface area contributed by atoms with Crippen LogP contribution in [-0.2, 0) is 4.79 Å². The number of rotatable bonds is 3. The van der Waals surface area contributed by atoms with E-state index in [-0.39, 0.29) is 5.54 Å². The van der Waals surface area contributed by atoms with E-state index in [2.05, 4.69) is 10.6 Å². The molecule has 2 fully saturated rings. The van der Waals surface area contributed by atoms with Crippen LogP contribution >= 0.6 is 0 Å². The molecule has 2 aliphatic rings. The number of nitrogens with one attached hydrogen (secondary N) is 2. The zero-order chi connectivity index (χ0) is 13.8. The van der Waals surface area contributed by atoms with Gasteiger partial charge >= 0.3 is 0 Å². The molecular formula is C16H23N3O. The molecule has 1 saturated carbocycles. The summed E-state index contributed by atoms with van der Waals surface area (Å²) in [6, 6.07) is 10.1. The number of nitrogens with zero attached hydrogens (tertiary/aromatic N) is 1. The van der Waals surface area contributed by atoms with Crippen LogP contribution in [0.15, 0.2) is 30.3 Å². The number of piperazine rings is 1. The predicted molar refractivity (Wildman–Crippen MR) is 80.7 cm³/mol. The number of carbonyl (C=O) groups is 1. The Morgan fingerprint density at radius 3 is 2.40 bits per heavy atom. The Labute approximate surface area is 120 Å². The normalized spacial score (nSPS) is 21.7. The summed E-state index contributed by atoms with van der Waals surface area (Å²) in [4.78, 5) is 15.0. The highest BCUT2D eigenvalue weighted by Crippen LogP contribution is 2.35. The van der Waals surface area contributed by atoms with E-state index in [0.29, 0.717) is 5.91 Å². The van der Waals surface area contributed by atoms with Gasteiger partial charge in [0.15, 0.2) is 0 Å². The Morgan fingerprint density at radius 1 is 1.10 bits per heavy atom. The quantitative estimate of drug-likeness (QED) is 0.883. The Hall–Kier alpha value is -1.55. The third-order valence-corrected chi connectivity index (χ3v) is 4.43. The number of amides is 1. The summed E-state index contributed by atoms with van der Waals surface area (Å²) in [6.07, 6.45) is 4.17. The minimum atomic E-state index is -0.376. The molecule has 0 aromatic heterocycles. The standard InChI is InChI=1S/C16H23N3O/c20-15(19-12-10-17-11-13-19)16(8-4-5-9-16)18-14-6-2-1-3-7-14/h1-3,6-7,17-18H,4-5,8-13H2. The van der Waals surface area contributed by atoms with Crippen LogP contribution in [0.1, 0.15) is 25.7 Å². The van der Waals surface area contributed by atoms with Gasteiger partial charge in [0.2, 0.25) is 5.91 Å². The van der Waals surface area contributed by atoms with E-state index in [9.17, 15) is 4.79 Å². The lowest BCUT2D eigenvalue weighted by molar-refractivity contribution is -0.136. The van der Waals surface area contributed by atoms with E-state index in [1.807, 2.05) is 35.2 Å². The van der Waals surface area contributed by atoms with Crippen molar-refractivity contribution in [1.29, 1.82) is 0 Å². The van der Waals surface area contributed by atoms with E-state index in [0.717, 1.165) is 57.5 Å². The molecule has 1 heterocycles. The van der Waals surface area contributed by atoms with Gasteiger partial charge in [-0.05, 0) is 25.0 Å². The largest absolute Gasteiger partial charge is 0.371 e. The van der Waals surface area contributed by atoms with Crippen molar-refractivity contribution in [2.75, 3.05) is 31.5 Å².